The van der Waals surface area contributed by atoms with Crippen LogP contribution in [0.25, 0.3) is 0 Å². The highest BCUT2D eigenvalue weighted by Crippen LogP contribution is 2.40. The van der Waals surface area contributed by atoms with Crippen molar-refractivity contribution in [1.82, 2.24) is 9.78 Å². The average molecular weight is 327 g/mol. The number of nitrogens with two attached hydrogens (primary N) is 1. The molecule has 1 aromatic rings. The lowest BCUT2D eigenvalue weighted by molar-refractivity contribution is 0.413. The normalized spacial score (nSPS) is 29.8. The molecule has 0 saturated carbocycles. The molecule has 0 amide bonds. The first-order valence-corrected chi connectivity index (χ1v) is 7.70. The van der Waals surface area contributed by atoms with Crippen LogP contribution >= 0.6 is 15.9 Å². The fraction of sp³-hybridized carbons (Fsp3) is 0.692. The fourth-order valence-corrected chi connectivity index (χ4v) is 3.99. The summed E-state index contributed by atoms with van der Waals surface area (Å²) >= 11 is 3.46. The van der Waals surface area contributed by atoms with Crippen LogP contribution in [0.5, 0.6) is 0 Å². The van der Waals surface area contributed by atoms with Crippen LogP contribution in [0.2, 0.25) is 0 Å². The zero-order valence-corrected chi connectivity index (χ0v) is 12.6. The molecule has 2 fully saturated rings. The van der Waals surface area contributed by atoms with Crippen molar-refractivity contribution in [3.63, 3.8) is 0 Å². The summed E-state index contributed by atoms with van der Waals surface area (Å²) in [6.07, 6.45) is 6.18. The molecule has 2 saturated heterocycles. The third kappa shape index (κ3) is 2.10. The van der Waals surface area contributed by atoms with E-state index >= 15 is 0 Å². The van der Waals surface area contributed by atoms with Crippen molar-refractivity contribution in [2.45, 2.75) is 57.3 Å². The fourth-order valence-electron chi connectivity index (χ4n) is 3.47. The van der Waals surface area contributed by atoms with E-state index < -0.39 is 0 Å². The number of anilines is 1. The second-order valence-electron chi connectivity index (χ2n) is 5.49. The molecule has 104 valence electrons. The summed E-state index contributed by atoms with van der Waals surface area (Å²) in [5, 5.41) is 4.25. The molecule has 2 atom stereocenters. The minimum atomic E-state index is -0.0470. The van der Waals surface area contributed by atoms with Gasteiger partial charge in [0, 0.05) is 24.7 Å². The number of piperidine rings is 1. The molecular formula is C13H19BrN4O. The molecule has 0 aliphatic carbocycles. The first-order chi connectivity index (χ1) is 9.11. The van der Waals surface area contributed by atoms with Gasteiger partial charge in [-0.15, -0.1) is 0 Å². The van der Waals surface area contributed by atoms with Gasteiger partial charge in [0.05, 0.1) is 11.9 Å². The second kappa shape index (κ2) is 4.90. The largest absolute Gasteiger partial charge is 0.363 e. The second-order valence-corrected chi connectivity index (χ2v) is 6.28. The molecular weight excluding hydrogens is 308 g/mol. The summed E-state index contributed by atoms with van der Waals surface area (Å²) in [4.78, 5) is 14.5. The summed E-state index contributed by atoms with van der Waals surface area (Å²) in [7, 11) is 0. The Labute approximate surface area is 120 Å². The van der Waals surface area contributed by atoms with E-state index in [9.17, 15) is 4.79 Å². The van der Waals surface area contributed by atoms with Crippen LogP contribution in [0.3, 0.4) is 0 Å². The molecule has 6 heteroatoms. The van der Waals surface area contributed by atoms with Crippen LogP contribution in [-0.4, -0.2) is 27.9 Å². The first kappa shape index (κ1) is 13.1. The quantitative estimate of drug-likeness (QED) is 0.894. The van der Waals surface area contributed by atoms with Crippen molar-refractivity contribution in [3.05, 3.63) is 21.0 Å². The molecule has 2 N–H and O–H groups in total. The lowest BCUT2D eigenvalue weighted by atomic mass is 9.98. The standard InChI is InChI=1S/C13H19BrN4O/c1-2-17-13(19)12(14)11(7-16-17)18-9-3-4-10(18)6-8(15)5-9/h7-10H,2-6,15H2,1H3. The van der Waals surface area contributed by atoms with Crippen molar-refractivity contribution in [2.24, 2.45) is 5.73 Å². The number of nitrogens with zero attached hydrogens (tertiary/aromatic N) is 3. The summed E-state index contributed by atoms with van der Waals surface area (Å²) in [5.41, 5.74) is 6.98. The third-order valence-electron chi connectivity index (χ3n) is 4.31. The van der Waals surface area contributed by atoms with Gasteiger partial charge in [0.15, 0.2) is 0 Å². The van der Waals surface area contributed by atoms with E-state index in [0.717, 1.165) is 18.5 Å². The highest BCUT2D eigenvalue weighted by Gasteiger charge is 2.40. The maximum atomic E-state index is 12.2. The van der Waals surface area contributed by atoms with E-state index in [2.05, 4.69) is 25.9 Å². The van der Waals surface area contributed by atoms with Crippen LogP contribution in [0.1, 0.15) is 32.6 Å². The Hall–Kier alpha value is -0.880. The van der Waals surface area contributed by atoms with Gasteiger partial charge in [0.25, 0.3) is 5.56 Å². The van der Waals surface area contributed by atoms with E-state index in [0.29, 0.717) is 29.1 Å². The summed E-state index contributed by atoms with van der Waals surface area (Å²) in [6, 6.07) is 1.23. The minimum absolute atomic E-state index is 0.0470. The predicted molar refractivity (Wildman–Crippen MR) is 78.4 cm³/mol. The van der Waals surface area contributed by atoms with Crippen LogP contribution in [-0.2, 0) is 6.54 Å². The predicted octanol–water partition coefficient (Wildman–Crippen LogP) is 1.48. The zero-order chi connectivity index (χ0) is 13.6. The average Bonchev–Trinajstić information content (AvgIpc) is 2.65. The van der Waals surface area contributed by atoms with E-state index in [1.54, 1.807) is 0 Å². The van der Waals surface area contributed by atoms with Gasteiger partial charge < -0.3 is 10.6 Å². The maximum Gasteiger partial charge on any atom is 0.283 e. The van der Waals surface area contributed by atoms with Gasteiger partial charge >= 0.3 is 0 Å². The first-order valence-electron chi connectivity index (χ1n) is 6.91. The van der Waals surface area contributed by atoms with Gasteiger partial charge in [0.1, 0.15) is 4.47 Å². The van der Waals surface area contributed by atoms with Crippen molar-refractivity contribution in [1.29, 1.82) is 0 Å². The zero-order valence-electron chi connectivity index (χ0n) is 11.1. The Kier molecular flexibility index (Phi) is 3.39. The van der Waals surface area contributed by atoms with Gasteiger partial charge in [-0.2, -0.15) is 5.10 Å². The van der Waals surface area contributed by atoms with Gasteiger partial charge in [-0.3, -0.25) is 4.79 Å². The molecule has 0 aromatic carbocycles. The van der Waals surface area contributed by atoms with E-state index in [1.165, 1.54) is 17.5 Å². The molecule has 2 aliphatic rings. The Balaban J connectivity index is 2.00. The number of halogens is 1. The molecule has 2 unspecified atom stereocenters. The van der Waals surface area contributed by atoms with Gasteiger partial charge in [-0.05, 0) is 48.5 Å². The molecule has 5 nitrogen and oxygen atoms in total. The van der Waals surface area contributed by atoms with E-state index in [-0.39, 0.29) is 5.56 Å². The molecule has 3 rings (SSSR count). The van der Waals surface area contributed by atoms with Crippen molar-refractivity contribution in [3.8, 4) is 0 Å². The summed E-state index contributed by atoms with van der Waals surface area (Å²) < 4.78 is 2.11. The van der Waals surface area contributed by atoms with Crippen LogP contribution in [0.15, 0.2) is 15.5 Å². The highest BCUT2D eigenvalue weighted by atomic mass is 79.9. The number of aryl methyl sites for hydroxylation is 1. The third-order valence-corrected chi connectivity index (χ3v) is 5.06. The molecule has 0 spiro atoms. The van der Waals surface area contributed by atoms with Gasteiger partial charge in [0.2, 0.25) is 0 Å². The van der Waals surface area contributed by atoms with E-state index in [4.69, 9.17) is 5.73 Å². The Morgan fingerprint density at radius 1 is 1.42 bits per heavy atom. The molecule has 0 radical (unpaired) electrons. The summed E-state index contributed by atoms with van der Waals surface area (Å²) in [5.74, 6) is 0. The molecule has 2 bridgehead atoms. The molecule has 2 aliphatic heterocycles. The lowest BCUT2D eigenvalue weighted by Crippen LogP contribution is -2.48. The number of hydrogen-bond donors (Lipinski definition) is 1. The number of hydrogen-bond acceptors (Lipinski definition) is 4. The smallest absolute Gasteiger partial charge is 0.283 e. The molecule has 1 aromatic heterocycles. The Morgan fingerprint density at radius 3 is 2.63 bits per heavy atom. The van der Waals surface area contributed by atoms with Crippen LogP contribution in [0, 0.1) is 0 Å². The van der Waals surface area contributed by atoms with Crippen molar-refractivity contribution >= 4 is 21.6 Å². The van der Waals surface area contributed by atoms with Crippen molar-refractivity contribution in [2.75, 3.05) is 4.90 Å². The Bertz CT molecular complexity index is 530. The Morgan fingerprint density at radius 2 is 2.05 bits per heavy atom. The minimum Gasteiger partial charge on any atom is -0.363 e. The number of aromatic nitrogens is 2. The van der Waals surface area contributed by atoms with Gasteiger partial charge in [-0.1, -0.05) is 0 Å². The molecule has 19 heavy (non-hydrogen) atoms. The lowest BCUT2D eigenvalue weighted by Gasteiger charge is -2.39. The number of fused-ring (bicyclic) bond motifs is 2. The van der Waals surface area contributed by atoms with Crippen LogP contribution < -0.4 is 16.2 Å². The maximum absolute atomic E-state index is 12.2. The monoisotopic (exact) mass is 326 g/mol. The summed E-state index contributed by atoms with van der Waals surface area (Å²) in [6.45, 7) is 2.51. The van der Waals surface area contributed by atoms with E-state index in [1.807, 2.05) is 13.1 Å². The number of rotatable bonds is 2. The topological polar surface area (TPSA) is 64.2 Å². The van der Waals surface area contributed by atoms with Crippen molar-refractivity contribution < 1.29 is 0 Å². The van der Waals surface area contributed by atoms with Crippen LogP contribution in [0.4, 0.5) is 5.69 Å². The SMILES string of the molecule is CCn1ncc(N2C3CCC2CC(N)C3)c(Br)c1=O. The highest BCUT2D eigenvalue weighted by molar-refractivity contribution is 9.10. The molecule has 3 heterocycles. The van der Waals surface area contributed by atoms with Gasteiger partial charge in [-0.25, -0.2) is 4.68 Å².